The molecule has 1 aliphatic heterocycles. The average Bonchev–Trinajstić information content (AvgIpc) is 2.89. The number of fused-ring (bicyclic) bond motifs is 1. The fourth-order valence-corrected chi connectivity index (χ4v) is 3.24. The Morgan fingerprint density at radius 1 is 1.24 bits per heavy atom. The summed E-state index contributed by atoms with van der Waals surface area (Å²) in [5.74, 6) is -0.101. The van der Waals surface area contributed by atoms with Crippen molar-refractivity contribution >= 4 is 27.8 Å². The Morgan fingerprint density at radius 2 is 2.00 bits per heavy atom. The van der Waals surface area contributed by atoms with Crippen LogP contribution in [0.3, 0.4) is 0 Å². The number of carbonyl (C=O) groups is 1. The second-order valence-electron chi connectivity index (χ2n) is 4.78. The van der Waals surface area contributed by atoms with Crippen molar-refractivity contribution in [3.05, 3.63) is 48.3 Å². The minimum Gasteiger partial charge on any atom is -0.357 e. The van der Waals surface area contributed by atoms with E-state index in [1.807, 2.05) is 7.05 Å². The van der Waals surface area contributed by atoms with Gasteiger partial charge in [0.2, 0.25) is 0 Å². The van der Waals surface area contributed by atoms with Gasteiger partial charge in [0.1, 0.15) is 11.2 Å². The summed E-state index contributed by atoms with van der Waals surface area (Å²) in [6.45, 7) is 0.0417. The number of aryl methyl sites for hydroxylation is 1. The van der Waals surface area contributed by atoms with Crippen LogP contribution in [0.2, 0.25) is 0 Å². The third kappa shape index (κ3) is 2.47. The number of nitrogens with zero attached hydrogens (tertiary/aromatic N) is 3. The van der Waals surface area contributed by atoms with E-state index in [9.17, 15) is 13.2 Å². The number of rotatable bonds is 3. The number of Topliss-reactive ketones (excluding diaryl/α,β-unsaturated/α-hetero) is 1. The highest BCUT2D eigenvalue weighted by Gasteiger charge is 2.26. The van der Waals surface area contributed by atoms with Gasteiger partial charge in [-0.25, -0.2) is 0 Å². The third-order valence-electron chi connectivity index (χ3n) is 3.25. The van der Waals surface area contributed by atoms with Gasteiger partial charge in [0.25, 0.3) is 10.0 Å². The lowest BCUT2D eigenvalue weighted by molar-refractivity contribution is 0.100. The summed E-state index contributed by atoms with van der Waals surface area (Å²) in [7, 11) is -1.82. The van der Waals surface area contributed by atoms with Crippen molar-refractivity contribution in [2.45, 2.75) is 4.90 Å². The van der Waals surface area contributed by atoms with Crippen LogP contribution in [0.25, 0.3) is 0 Å². The molecule has 0 unspecified atom stereocenters. The molecule has 3 rings (SSSR count). The summed E-state index contributed by atoms with van der Waals surface area (Å²) in [6.07, 6.45) is 4.71. The highest BCUT2D eigenvalue weighted by molar-refractivity contribution is 7.90. The predicted octanol–water partition coefficient (Wildman–Crippen LogP) is 1.45. The molecule has 0 fully saturated rings. The van der Waals surface area contributed by atoms with E-state index in [-0.39, 0.29) is 17.2 Å². The summed E-state index contributed by atoms with van der Waals surface area (Å²) in [5.41, 5.74) is 1.05. The molecule has 21 heavy (non-hydrogen) atoms. The molecular weight excluding hydrogens is 290 g/mol. The second kappa shape index (κ2) is 4.85. The van der Waals surface area contributed by atoms with Gasteiger partial charge in [-0.3, -0.25) is 4.79 Å². The quantitative estimate of drug-likeness (QED) is 0.805. The monoisotopic (exact) mass is 303 g/mol. The van der Waals surface area contributed by atoms with Gasteiger partial charge < -0.3 is 9.47 Å². The van der Waals surface area contributed by atoms with Crippen LogP contribution in [-0.4, -0.2) is 31.7 Å². The first-order valence-electron chi connectivity index (χ1n) is 6.29. The van der Waals surface area contributed by atoms with E-state index < -0.39 is 10.0 Å². The van der Waals surface area contributed by atoms with Crippen molar-refractivity contribution in [2.75, 3.05) is 11.4 Å². The number of carbonyl (C=O) groups excluding carboxylic acids is 1. The van der Waals surface area contributed by atoms with Crippen molar-refractivity contribution in [3.8, 4) is 0 Å². The van der Waals surface area contributed by atoms with Gasteiger partial charge in [0, 0.05) is 25.0 Å². The smallest absolute Gasteiger partial charge is 0.285 e. The molecule has 0 saturated heterocycles. The number of ketones is 1. The molecular formula is C14H13N3O3S. The molecule has 0 N–H and O–H groups in total. The molecule has 0 amide bonds. The number of sulfonamides is 1. The zero-order valence-corrected chi connectivity index (χ0v) is 12.1. The Balaban J connectivity index is 1.92. The Hall–Kier alpha value is -2.41. The highest BCUT2D eigenvalue weighted by atomic mass is 32.2. The minimum absolute atomic E-state index is 0.0417. The SMILES string of the molecule is Cn1ccc(C(=O)CN2C=NS(=O)(=O)c3ccccc32)c1. The van der Waals surface area contributed by atoms with Crippen molar-refractivity contribution in [3.63, 3.8) is 0 Å². The number of anilines is 1. The highest BCUT2D eigenvalue weighted by Crippen LogP contribution is 2.29. The molecule has 0 atom stereocenters. The van der Waals surface area contributed by atoms with Crippen LogP contribution in [0.5, 0.6) is 0 Å². The van der Waals surface area contributed by atoms with E-state index in [0.717, 1.165) is 0 Å². The standard InChI is InChI=1S/C14H13N3O3S/c1-16-7-6-11(8-16)13(18)9-17-10-15-21(19,20)14-5-3-2-4-12(14)17/h2-8,10H,9H2,1H3. The molecule has 108 valence electrons. The Morgan fingerprint density at radius 3 is 2.71 bits per heavy atom. The summed E-state index contributed by atoms with van der Waals surface area (Å²) >= 11 is 0. The number of para-hydroxylation sites is 1. The van der Waals surface area contributed by atoms with Gasteiger partial charge in [-0.15, -0.1) is 4.40 Å². The topological polar surface area (TPSA) is 71.7 Å². The fraction of sp³-hybridized carbons (Fsp3) is 0.143. The average molecular weight is 303 g/mol. The molecule has 0 spiro atoms. The molecule has 0 bridgehead atoms. The van der Waals surface area contributed by atoms with Crippen molar-refractivity contribution < 1.29 is 13.2 Å². The minimum atomic E-state index is -3.66. The molecule has 7 heteroatoms. The summed E-state index contributed by atoms with van der Waals surface area (Å²) in [6, 6.07) is 8.24. The fourth-order valence-electron chi connectivity index (χ4n) is 2.19. The number of hydrogen-bond donors (Lipinski definition) is 0. The van der Waals surface area contributed by atoms with Gasteiger partial charge in [-0.05, 0) is 18.2 Å². The molecule has 2 aromatic rings. The maximum Gasteiger partial charge on any atom is 0.285 e. The van der Waals surface area contributed by atoms with E-state index in [0.29, 0.717) is 11.3 Å². The lowest BCUT2D eigenvalue weighted by Gasteiger charge is -2.24. The molecule has 6 nitrogen and oxygen atoms in total. The first-order chi connectivity index (χ1) is 9.97. The number of aromatic nitrogens is 1. The second-order valence-corrected chi connectivity index (χ2v) is 6.38. The maximum atomic E-state index is 12.2. The molecule has 1 aromatic heterocycles. The molecule has 1 aromatic carbocycles. The summed E-state index contributed by atoms with van der Waals surface area (Å²) < 4.78 is 29.1. The van der Waals surface area contributed by atoms with Gasteiger partial charge in [-0.2, -0.15) is 8.42 Å². The predicted molar refractivity (Wildman–Crippen MR) is 79.2 cm³/mol. The van der Waals surface area contributed by atoms with Crippen LogP contribution in [0.1, 0.15) is 10.4 Å². The van der Waals surface area contributed by atoms with Gasteiger partial charge in [0.15, 0.2) is 5.78 Å². The van der Waals surface area contributed by atoms with E-state index in [4.69, 9.17) is 0 Å². The van der Waals surface area contributed by atoms with Crippen molar-refractivity contribution in [2.24, 2.45) is 11.4 Å². The van der Waals surface area contributed by atoms with E-state index in [2.05, 4.69) is 4.40 Å². The largest absolute Gasteiger partial charge is 0.357 e. The normalized spacial score (nSPS) is 15.8. The van der Waals surface area contributed by atoms with Crippen LogP contribution in [0, 0.1) is 0 Å². The Kier molecular flexibility index (Phi) is 3.13. The van der Waals surface area contributed by atoms with E-state index >= 15 is 0 Å². The van der Waals surface area contributed by atoms with Gasteiger partial charge >= 0.3 is 0 Å². The maximum absolute atomic E-state index is 12.2. The summed E-state index contributed by atoms with van der Waals surface area (Å²) in [5, 5.41) is 0. The van der Waals surface area contributed by atoms with Crippen LogP contribution < -0.4 is 4.90 Å². The van der Waals surface area contributed by atoms with Crippen LogP contribution in [0.15, 0.2) is 52.0 Å². The lowest BCUT2D eigenvalue weighted by Crippen LogP contribution is -2.32. The van der Waals surface area contributed by atoms with Gasteiger partial charge in [-0.1, -0.05) is 12.1 Å². The van der Waals surface area contributed by atoms with Crippen LogP contribution >= 0.6 is 0 Å². The molecule has 0 radical (unpaired) electrons. The molecule has 0 aliphatic carbocycles. The Bertz CT molecular complexity index is 837. The van der Waals surface area contributed by atoms with Crippen molar-refractivity contribution in [1.82, 2.24) is 4.57 Å². The van der Waals surface area contributed by atoms with Crippen LogP contribution in [-0.2, 0) is 17.1 Å². The number of hydrogen-bond acceptors (Lipinski definition) is 4. The third-order valence-corrected chi connectivity index (χ3v) is 4.52. The summed E-state index contributed by atoms with van der Waals surface area (Å²) in [4.78, 5) is 13.9. The van der Waals surface area contributed by atoms with E-state index in [1.165, 1.54) is 12.4 Å². The zero-order valence-electron chi connectivity index (χ0n) is 11.3. The first-order valence-corrected chi connectivity index (χ1v) is 7.73. The first kappa shape index (κ1) is 13.6. The molecule has 1 aliphatic rings. The zero-order chi connectivity index (χ0) is 15.0. The van der Waals surface area contributed by atoms with E-state index in [1.54, 1.807) is 46.1 Å². The van der Waals surface area contributed by atoms with Crippen molar-refractivity contribution in [1.29, 1.82) is 0 Å². The van der Waals surface area contributed by atoms with Gasteiger partial charge in [0.05, 0.1) is 12.2 Å². The number of benzene rings is 1. The van der Waals surface area contributed by atoms with Crippen LogP contribution in [0.4, 0.5) is 5.69 Å². The molecule has 2 heterocycles. The molecule has 0 saturated carbocycles. The lowest BCUT2D eigenvalue weighted by atomic mass is 10.2. The Labute approximate surface area is 122 Å².